The highest BCUT2D eigenvalue weighted by atomic mass is 16.5. The van der Waals surface area contributed by atoms with E-state index >= 15 is 0 Å². The lowest BCUT2D eigenvalue weighted by Gasteiger charge is -2.23. The summed E-state index contributed by atoms with van der Waals surface area (Å²) in [5.74, 6) is 0.358. The molecule has 1 heterocycles. The van der Waals surface area contributed by atoms with E-state index in [1.54, 1.807) is 25.1 Å². The molecule has 5 nitrogen and oxygen atoms in total. The summed E-state index contributed by atoms with van der Waals surface area (Å²) in [4.78, 5) is 23.8. The lowest BCUT2D eigenvalue weighted by molar-refractivity contribution is -0.122. The van der Waals surface area contributed by atoms with Crippen molar-refractivity contribution in [1.82, 2.24) is 0 Å². The number of hydrogen-bond acceptors (Lipinski definition) is 3. The number of ether oxygens (including phenoxy) is 1. The van der Waals surface area contributed by atoms with Gasteiger partial charge < -0.3 is 15.4 Å². The molecule has 0 spiro atoms. The number of carbonyl (C=O) groups excluding carboxylic acids is 2. The van der Waals surface area contributed by atoms with Crippen LogP contribution in [0.4, 0.5) is 11.4 Å². The summed E-state index contributed by atoms with van der Waals surface area (Å²) in [6.45, 7) is 3.73. The summed E-state index contributed by atoms with van der Waals surface area (Å²) in [7, 11) is 0. The van der Waals surface area contributed by atoms with Crippen LogP contribution in [0.3, 0.4) is 0 Å². The predicted molar refractivity (Wildman–Crippen MR) is 93.3 cm³/mol. The summed E-state index contributed by atoms with van der Waals surface area (Å²) in [5, 5.41) is 5.63. The quantitative estimate of drug-likeness (QED) is 0.907. The van der Waals surface area contributed by atoms with Gasteiger partial charge in [0.05, 0.1) is 5.69 Å². The fourth-order valence-corrected chi connectivity index (χ4v) is 2.52. The van der Waals surface area contributed by atoms with E-state index in [1.165, 1.54) is 5.56 Å². The van der Waals surface area contributed by atoms with Crippen LogP contribution >= 0.6 is 0 Å². The van der Waals surface area contributed by atoms with Crippen molar-refractivity contribution in [1.29, 1.82) is 0 Å². The lowest BCUT2D eigenvalue weighted by atomic mass is 10.1. The molecule has 1 aliphatic heterocycles. The van der Waals surface area contributed by atoms with Crippen molar-refractivity contribution in [2.75, 3.05) is 10.6 Å². The number of benzene rings is 2. The Morgan fingerprint density at radius 2 is 1.96 bits per heavy atom. The van der Waals surface area contributed by atoms with E-state index in [4.69, 9.17) is 4.74 Å². The Kier molecular flexibility index (Phi) is 4.51. The minimum Gasteiger partial charge on any atom is -0.479 e. The Morgan fingerprint density at radius 3 is 2.71 bits per heavy atom. The number of nitrogens with one attached hydrogen (secondary N) is 2. The van der Waals surface area contributed by atoms with Crippen LogP contribution in [-0.2, 0) is 16.0 Å². The van der Waals surface area contributed by atoms with Gasteiger partial charge in [0.25, 0.3) is 5.91 Å². The second kappa shape index (κ2) is 6.74. The molecule has 2 amide bonds. The summed E-state index contributed by atoms with van der Waals surface area (Å²) in [6, 6.07) is 13.4. The van der Waals surface area contributed by atoms with Crippen molar-refractivity contribution in [2.45, 2.75) is 32.8 Å². The maximum Gasteiger partial charge on any atom is 0.265 e. The lowest BCUT2D eigenvalue weighted by Crippen LogP contribution is -2.34. The second-order valence-electron chi connectivity index (χ2n) is 5.99. The molecule has 0 saturated carbocycles. The summed E-state index contributed by atoms with van der Waals surface area (Å²) < 4.78 is 5.49. The van der Waals surface area contributed by atoms with Crippen LogP contribution in [0.25, 0.3) is 0 Å². The first kappa shape index (κ1) is 16.1. The third-order valence-corrected chi connectivity index (χ3v) is 3.96. The van der Waals surface area contributed by atoms with Gasteiger partial charge >= 0.3 is 0 Å². The van der Waals surface area contributed by atoms with Crippen molar-refractivity contribution < 1.29 is 14.3 Å². The number of carbonyl (C=O) groups is 2. The van der Waals surface area contributed by atoms with Gasteiger partial charge in [0.2, 0.25) is 5.91 Å². The first-order valence-electron chi connectivity index (χ1n) is 7.98. The number of amides is 2. The van der Waals surface area contributed by atoms with E-state index < -0.39 is 6.10 Å². The topological polar surface area (TPSA) is 67.4 Å². The molecule has 0 unspecified atom stereocenters. The van der Waals surface area contributed by atoms with Gasteiger partial charge in [-0.2, -0.15) is 0 Å². The highest BCUT2D eigenvalue weighted by Gasteiger charge is 2.23. The Balaban J connectivity index is 1.59. The molecular formula is C19H20N2O3. The molecule has 2 aromatic carbocycles. The zero-order chi connectivity index (χ0) is 17.1. The molecular weight excluding hydrogens is 304 g/mol. The molecule has 0 bridgehead atoms. The van der Waals surface area contributed by atoms with E-state index in [9.17, 15) is 9.59 Å². The van der Waals surface area contributed by atoms with Crippen molar-refractivity contribution in [3.05, 3.63) is 53.6 Å². The number of aryl methyl sites for hydroxylation is 2. The standard InChI is InChI=1S/C19H20N2O3/c1-12-3-5-14(6-4-12)7-10-18(22)20-15-8-9-17-16(11-15)21-19(23)13(2)24-17/h3-6,8-9,11,13H,7,10H2,1-2H3,(H,20,22)(H,21,23)/t13-/m0/s1. The average molecular weight is 324 g/mol. The van der Waals surface area contributed by atoms with E-state index in [-0.39, 0.29) is 11.8 Å². The molecule has 0 aliphatic carbocycles. The fourth-order valence-electron chi connectivity index (χ4n) is 2.52. The van der Waals surface area contributed by atoms with Crippen LogP contribution in [0.1, 0.15) is 24.5 Å². The molecule has 5 heteroatoms. The maximum atomic E-state index is 12.1. The van der Waals surface area contributed by atoms with E-state index in [0.29, 0.717) is 30.0 Å². The first-order valence-corrected chi connectivity index (χ1v) is 7.98. The minimum atomic E-state index is -0.507. The van der Waals surface area contributed by atoms with E-state index in [1.807, 2.05) is 31.2 Å². The van der Waals surface area contributed by atoms with Crippen LogP contribution in [0.5, 0.6) is 5.75 Å². The van der Waals surface area contributed by atoms with Crippen molar-refractivity contribution >= 4 is 23.2 Å². The van der Waals surface area contributed by atoms with Crippen LogP contribution in [0, 0.1) is 6.92 Å². The molecule has 2 N–H and O–H groups in total. The molecule has 2 aromatic rings. The summed E-state index contributed by atoms with van der Waals surface area (Å²) in [6.07, 6.45) is 0.585. The van der Waals surface area contributed by atoms with Gasteiger partial charge in [-0.25, -0.2) is 0 Å². The second-order valence-corrected chi connectivity index (χ2v) is 5.99. The third kappa shape index (κ3) is 3.74. The maximum absolute atomic E-state index is 12.1. The van der Waals surface area contributed by atoms with Gasteiger partial charge in [0, 0.05) is 12.1 Å². The number of anilines is 2. The highest BCUT2D eigenvalue weighted by molar-refractivity contribution is 5.99. The monoisotopic (exact) mass is 324 g/mol. The Morgan fingerprint density at radius 1 is 1.21 bits per heavy atom. The molecule has 1 atom stereocenters. The zero-order valence-electron chi connectivity index (χ0n) is 13.8. The third-order valence-electron chi connectivity index (χ3n) is 3.96. The van der Waals surface area contributed by atoms with Crippen molar-refractivity contribution in [3.63, 3.8) is 0 Å². The number of rotatable bonds is 4. The fraction of sp³-hybridized carbons (Fsp3) is 0.263. The van der Waals surface area contributed by atoms with Gasteiger partial charge in [-0.3, -0.25) is 9.59 Å². The zero-order valence-corrected chi connectivity index (χ0v) is 13.8. The van der Waals surface area contributed by atoms with Gasteiger partial charge in [-0.1, -0.05) is 29.8 Å². The average Bonchev–Trinajstić information content (AvgIpc) is 2.56. The van der Waals surface area contributed by atoms with Crippen LogP contribution in [0.15, 0.2) is 42.5 Å². The van der Waals surface area contributed by atoms with E-state index in [0.717, 1.165) is 5.56 Å². The smallest absolute Gasteiger partial charge is 0.265 e. The molecule has 24 heavy (non-hydrogen) atoms. The number of hydrogen-bond donors (Lipinski definition) is 2. The Bertz CT molecular complexity index is 769. The largest absolute Gasteiger partial charge is 0.479 e. The van der Waals surface area contributed by atoms with Crippen molar-refractivity contribution in [3.8, 4) is 5.75 Å². The Labute approximate surface area is 141 Å². The van der Waals surface area contributed by atoms with Gasteiger partial charge in [-0.15, -0.1) is 0 Å². The highest BCUT2D eigenvalue weighted by Crippen LogP contribution is 2.32. The summed E-state index contributed by atoms with van der Waals surface area (Å²) >= 11 is 0. The van der Waals surface area contributed by atoms with Crippen molar-refractivity contribution in [2.24, 2.45) is 0 Å². The van der Waals surface area contributed by atoms with Crippen LogP contribution in [-0.4, -0.2) is 17.9 Å². The molecule has 1 aliphatic rings. The molecule has 0 aromatic heterocycles. The molecule has 0 radical (unpaired) electrons. The molecule has 3 rings (SSSR count). The normalized spacial score (nSPS) is 15.9. The summed E-state index contributed by atoms with van der Waals surface area (Å²) in [5.41, 5.74) is 3.56. The van der Waals surface area contributed by atoms with Crippen LogP contribution < -0.4 is 15.4 Å². The van der Waals surface area contributed by atoms with Crippen LogP contribution in [0.2, 0.25) is 0 Å². The van der Waals surface area contributed by atoms with Gasteiger partial charge in [0.15, 0.2) is 6.10 Å². The number of fused-ring (bicyclic) bond motifs is 1. The first-order chi connectivity index (χ1) is 11.5. The van der Waals surface area contributed by atoms with Gasteiger partial charge in [-0.05, 0) is 44.0 Å². The predicted octanol–water partition coefficient (Wildman–Crippen LogP) is 3.29. The Hall–Kier alpha value is -2.82. The molecule has 0 fully saturated rings. The van der Waals surface area contributed by atoms with E-state index in [2.05, 4.69) is 10.6 Å². The van der Waals surface area contributed by atoms with Gasteiger partial charge in [0.1, 0.15) is 5.75 Å². The minimum absolute atomic E-state index is 0.0630. The SMILES string of the molecule is Cc1ccc(CCC(=O)Nc2ccc3c(c2)NC(=O)[C@H](C)O3)cc1. The molecule has 0 saturated heterocycles. The molecule has 124 valence electrons.